The van der Waals surface area contributed by atoms with Gasteiger partial charge in [-0.05, 0) is 25.5 Å². The van der Waals surface area contributed by atoms with Gasteiger partial charge in [0.05, 0.1) is 17.4 Å². The van der Waals surface area contributed by atoms with Crippen LogP contribution in [0.4, 0.5) is 10.5 Å². The van der Waals surface area contributed by atoms with Gasteiger partial charge in [0.15, 0.2) is 6.61 Å². The summed E-state index contributed by atoms with van der Waals surface area (Å²) in [5.41, 5.74) is 0.707. The summed E-state index contributed by atoms with van der Waals surface area (Å²) < 4.78 is 4.85. The third-order valence-electron chi connectivity index (χ3n) is 3.67. The number of para-hydroxylation sites is 1. The smallest absolute Gasteiger partial charge is 0.321 e. The summed E-state index contributed by atoms with van der Waals surface area (Å²) >= 11 is 1.27. The van der Waals surface area contributed by atoms with Crippen molar-refractivity contribution in [1.82, 2.24) is 10.6 Å². The van der Waals surface area contributed by atoms with Gasteiger partial charge in [-0.1, -0.05) is 19.1 Å². The molecule has 2 rings (SSSR count). The molecule has 1 aromatic carbocycles. The van der Waals surface area contributed by atoms with Crippen molar-refractivity contribution in [2.75, 3.05) is 11.9 Å². The third-order valence-corrected chi connectivity index (χ3v) is 4.94. The van der Waals surface area contributed by atoms with Crippen LogP contribution in [0.25, 0.3) is 0 Å². The highest BCUT2D eigenvalue weighted by Gasteiger charge is 2.29. The number of hydrogen-bond acceptors (Lipinski definition) is 6. The van der Waals surface area contributed by atoms with E-state index in [1.807, 2.05) is 25.1 Å². The summed E-state index contributed by atoms with van der Waals surface area (Å²) in [6, 6.07) is 6.57. The summed E-state index contributed by atoms with van der Waals surface area (Å²) in [5, 5.41) is 6.74. The Bertz CT molecular complexity index is 709. The normalized spacial score (nSPS) is 16.7. The van der Waals surface area contributed by atoms with Gasteiger partial charge in [-0.2, -0.15) is 0 Å². The maximum absolute atomic E-state index is 12.0. The predicted molar refractivity (Wildman–Crippen MR) is 96.7 cm³/mol. The molecule has 0 saturated heterocycles. The minimum atomic E-state index is -0.731. The largest absolute Gasteiger partial charge is 0.456 e. The summed E-state index contributed by atoms with van der Waals surface area (Å²) in [6.45, 7) is 3.11. The van der Waals surface area contributed by atoms with E-state index in [0.29, 0.717) is 5.69 Å². The highest BCUT2D eigenvalue weighted by atomic mass is 32.2. The van der Waals surface area contributed by atoms with Crippen LogP contribution in [0.15, 0.2) is 29.2 Å². The lowest BCUT2D eigenvalue weighted by molar-refractivity contribution is -0.148. The summed E-state index contributed by atoms with van der Waals surface area (Å²) in [6.07, 6.45) is 0.554. The summed E-state index contributed by atoms with van der Waals surface area (Å²) in [7, 11) is 0. The van der Waals surface area contributed by atoms with Crippen LogP contribution < -0.4 is 16.0 Å². The van der Waals surface area contributed by atoms with E-state index in [1.165, 1.54) is 11.8 Å². The molecule has 140 valence electrons. The molecule has 8 nitrogen and oxygen atoms in total. The van der Waals surface area contributed by atoms with Gasteiger partial charge in [0.2, 0.25) is 5.91 Å². The van der Waals surface area contributed by atoms with Crippen molar-refractivity contribution in [3.8, 4) is 0 Å². The maximum Gasteiger partial charge on any atom is 0.321 e. The molecule has 0 unspecified atom stereocenters. The molecule has 1 aliphatic rings. The molecule has 0 saturated carbocycles. The van der Waals surface area contributed by atoms with Gasteiger partial charge in [-0.25, -0.2) is 4.79 Å². The Morgan fingerprint density at radius 2 is 2.04 bits per heavy atom. The molecule has 0 aliphatic carbocycles. The number of thioether (sulfide) groups is 1. The summed E-state index contributed by atoms with van der Waals surface area (Å²) in [4.78, 5) is 47.9. The van der Waals surface area contributed by atoms with Gasteiger partial charge in [0.25, 0.3) is 5.91 Å². The van der Waals surface area contributed by atoms with Crippen molar-refractivity contribution in [2.24, 2.45) is 0 Å². The molecule has 2 atom stereocenters. The Hall–Kier alpha value is -2.55. The van der Waals surface area contributed by atoms with Gasteiger partial charge in [0.1, 0.15) is 0 Å². The van der Waals surface area contributed by atoms with Crippen molar-refractivity contribution >= 4 is 41.3 Å². The zero-order valence-electron chi connectivity index (χ0n) is 14.5. The first kappa shape index (κ1) is 19.8. The number of urea groups is 1. The molecule has 9 heteroatoms. The molecule has 0 fully saturated rings. The maximum atomic E-state index is 12.0. The number of rotatable bonds is 6. The molecular formula is C17H21N3O5S. The monoisotopic (exact) mass is 379 g/mol. The standard InChI is InChI=1S/C17H21N3O5S/c1-3-10(2)18-17(24)20-14(21)9-25-15(22)8-13-16(23)19-11-6-4-5-7-12(11)26-13/h4-7,10,13H,3,8-9H2,1-2H3,(H,19,23)(H2,18,20,21,24)/t10-,13+/m1/s1. The average Bonchev–Trinajstić information content (AvgIpc) is 2.60. The van der Waals surface area contributed by atoms with Crippen molar-refractivity contribution < 1.29 is 23.9 Å². The van der Waals surface area contributed by atoms with Crippen molar-refractivity contribution in [1.29, 1.82) is 0 Å². The minimum Gasteiger partial charge on any atom is -0.456 e. The van der Waals surface area contributed by atoms with Crippen LogP contribution in [-0.2, 0) is 19.1 Å². The number of benzene rings is 1. The predicted octanol–water partition coefficient (Wildman–Crippen LogP) is 1.66. The average molecular weight is 379 g/mol. The van der Waals surface area contributed by atoms with Crippen LogP contribution in [0.2, 0.25) is 0 Å². The topological polar surface area (TPSA) is 114 Å². The van der Waals surface area contributed by atoms with Crippen molar-refractivity contribution in [3.05, 3.63) is 24.3 Å². The lowest BCUT2D eigenvalue weighted by atomic mass is 10.2. The highest BCUT2D eigenvalue weighted by molar-refractivity contribution is 8.01. The van der Waals surface area contributed by atoms with Gasteiger partial charge < -0.3 is 15.4 Å². The first-order chi connectivity index (χ1) is 12.4. The van der Waals surface area contributed by atoms with Crippen LogP contribution in [0, 0.1) is 0 Å². The van der Waals surface area contributed by atoms with E-state index in [9.17, 15) is 19.2 Å². The van der Waals surface area contributed by atoms with E-state index in [4.69, 9.17) is 4.74 Å². The molecule has 1 aliphatic heterocycles. The Labute approximate surface area is 155 Å². The number of hydrogen-bond donors (Lipinski definition) is 3. The number of nitrogens with one attached hydrogen (secondary N) is 3. The quantitative estimate of drug-likeness (QED) is 0.648. The van der Waals surface area contributed by atoms with E-state index < -0.39 is 29.8 Å². The van der Waals surface area contributed by atoms with Crippen molar-refractivity contribution in [2.45, 2.75) is 42.9 Å². The molecule has 0 bridgehead atoms. The minimum absolute atomic E-state index is 0.0740. The lowest BCUT2D eigenvalue weighted by Gasteiger charge is -2.23. The molecule has 0 aromatic heterocycles. The fourth-order valence-corrected chi connectivity index (χ4v) is 3.20. The van der Waals surface area contributed by atoms with E-state index in [1.54, 1.807) is 13.0 Å². The molecule has 0 radical (unpaired) electrons. The number of imide groups is 1. The Morgan fingerprint density at radius 3 is 2.77 bits per heavy atom. The van der Waals surface area contributed by atoms with E-state index in [2.05, 4.69) is 16.0 Å². The van der Waals surface area contributed by atoms with Gasteiger partial charge in [-0.3, -0.25) is 19.7 Å². The number of amides is 4. The molecule has 4 amide bonds. The molecule has 1 heterocycles. The number of fused-ring (bicyclic) bond motifs is 1. The first-order valence-electron chi connectivity index (χ1n) is 8.21. The molecule has 3 N–H and O–H groups in total. The SMILES string of the molecule is CC[C@@H](C)NC(=O)NC(=O)COC(=O)C[C@@H]1Sc2ccccc2NC1=O. The number of esters is 1. The van der Waals surface area contributed by atoms with Gasteiger partial charge in [0, 0.05) is 10.9 Å². The van der Waals surface area contributed by atoms with Crippen molar-refractivity contribution in [3.63, 3.8) is 0 Å². The Balaban J connectivity index is 1.76. The van der Waals surface area contributed by atoms with E-state index >= 15 is 0 Å². The van der Waals surface area contributed by atoms with E-state index in [-0.39, 0.29) is 18.4 Å². The van der Waals surface area contributed by atoms with Crippen LogP contribution in [-0.4, -0.2) is 41.7 Å². The van der Waals surface area contributed by atoms with E-state index in [0.717, 1.165) is 11.3 Å². The fraction of sp³-hybridized carbons (Fsp3) is 0.412. The molecule has 26 heavy (non-hydrogen) atoms. The highest BCUT2D eigenvalue weighted by Crippen LogP contribution is 2.36. The van der Waals surface area contributed by atoms with Crippen LogP contribution in [0.1, 0.15) is 26.7 Å². The van der Waals surface area contributed by atoms with Gasteiger partial charge >= 0.3 is 12.0 Å². The summed E-state index contributed by atoms with van der Waals surface area (Å²) in [5.74, 6) is -1.71. The van der Waals surface area contributed by atoms with Crippen LogP contribution >= 0.6 is 11.8 Å². The second kappa shape index (κ2) is 9.23. The zero-order chi connectivity index (χ0) is 19.1. The first-order valence-corrected chi connectivity index (χ1v) is 9.09. The molecular weight excluding hydrogens is 358 g/mol. The number of anilines is 1. The molecule has 0 spiro atoms. The molecule has 1 aromatic rings. The zero-order valence-corrected chi connectivity index (χ0v) is 15.4. The second-order valence-corrected chi connectivity index (χ2v) is 7.03. The number of ether oxygens (including phenoxy) is 1. The number of carbonyl (C=O) groups is 4. The third kappa shape index (κ3) is 5.76. The van der Waals surface area contributed by atoms with Gasteiger partial charge in [-0.15, -0.1) is 11.8 Å². The fourth-order valence-electron chi connectivity index (χ4n) is 2.11. The van der Waals surface area contributed by atoms with Crippen LogP contribution in [0.3, 0.4) is 0 Å². The van der Waals surface area contributed by atoms with Crippen LogP contribution in [0.5, 0.6) is 0 Å². The Kier molecular flexibility index (Phi) is 7.02. The second-order valence-electron chi connectivity index (χ2n) is 5.79. The Morgan fingerprint density at radius 1 is 1.31 bits per heavy atom. The number of carbonyl (C=O) groups excluding carboxylic acids is 4. The lowest BCUT2D eigenvalue weighted by Crippen LogP contribution is -2.44.